The van der Waals surface area contributed by atoms with Gasteiger partial charge < -0.3 is 18.9 Å². The lowest BCUT2D eigenvalue weighted by Crippen LogP contribution is -2.11. The molecule has 3 aromatic carbocycles. The molecule has 47 heavy (non-hydrogen) atoms. The molecule has 0 saturated carbocycles. The van der Waals surface area contributed by atoms with E-state index in [1.54, 1.807) is 73.7 Å². The molecule has 3 aromatic rings. The van der Waals surface area contributed by atoms with Crippen molar-refractivity contribution in [3.05, 3.63) is 109 Å². The summed E-state index contributed by atoms with van der Waals surface area (Å²) in [6, 6.07) is 17.7. The number of carbonyl (C=O) groups excluding carboxylic acids is 4. The van der Waals surface area contributed by atoms with E-state index < -0.39 is 23.9 Å². The van der Waals surface area contributed by atoms with E-state index in [4.69, 9.17) is 28.7 Å². The molecule has 0 saturated heterocycles. The maximum atomic E-state index is 12.7. The number of hydrogen-bond acceptors (Lipinski definition) is 12. The maximum absolute atomic E-state index is 12.7. The van der Waals surface area contributed by atoms with Crippen LogP contribution in [0.3, 0.4) is 0 Å². The van der Waals surface area contributed by atoms with Gasteiger partial charge >= 0.3 is 23.9 Å². The molecule has 0 fully saturated rings. The summed E-state index contributed by atoms with van der Waals surface area (Å²) in [6.07, 6.45) is 4.59. The Hall–Kier alpha value is -5.46. The monoisotopic (exact) mass is 648 g/mol. The van der Waals surface area contributed by atoms with Crippen LogP contribution in [-0.2, 0) is 29.1 Å². The summed E-state index contributed by atoms with van der Waals surface area (Å²) in [7, 11) is 0. The zero-order valence-corrected chi connectivity index (χ0v) is 26.0. The Kier molecular flexibility index (Phi) is 15.2. The van der Waals surface area contributed by atoms with Gasteiger partial charge in [0.25, 0.3) is 0 Å². The van der Waals surface area contributed by atoms with Crippen LogP contribution in [-0.4, -0.2) is 50.3 Å². The van der Waals surface area contributed by atoms with Gasteiger partial charge in [-0.25, -0.2) is 19.2 Å². The average molecular weight is 649 g/mol. The lowest BCUT2D eigenvalue weighted by atomic mass is 10.2. The van der Waals surface area contributed by atoms with Crippen molar-refractivity contribution >= 4 is 23.9 Å². The number of carbonyl (C=O) groups is 4. The second-order valence-electron chi connectivity index (χ2n) is 9.72. The highest BCUT2D eigenvalue weighted by Gasteiger charge is 2.14. The van der Waals surface area contributed by atoms with Crippen LogP contribution >= 0.6 is 0 Å². The molecule has 0 aliphatic rings. The number of esters is 2. The van der Waals surface area contributed by atoms with E-state index in [1.807, 2.05) is 0 Å². The first kappa shape index (κ1) is 36.0. The molecule has 0 atom stereocenters. The number of hydrogen-bond donors (Lipinski definition) is 0. The minimum Gasteiger partial charge on any atom is -0.494 e. The molecule has 0 radical (unpaired) electrons. The quantitative estimate of drug-likeness (QED) is 0.0350. The van der Waals surface area contributed by atoms with Gasteiger partial charge in [-0.15, -0.1) is 0 Å². The first-order chi connectivity index (χ1) is 22.8. The number of ether oxygens (including phenoxy) is 4. The molecule has 0 N–H and O–H groups in total. The summed E-state index contributed by atoms with van der Waals surface area (Å²) in [5.74, 6) is -0.638. The summed E-state index contributed by atoms with van der Waals surface area (Å²) in [6.45, 7) is 9.57. The van der Waals surface area contributed by atoms with Crippen molar-refractivity contribution < 1.29 is 57.7 Å². The number of unbranched alkanes of at least 4 members (excludes halogenated alkanes) is 2. The molecule has 12 nitrogen and oxygen atoms in total. The van der Waals surface area contributed by atoms with Crippen LogP contribution in [0.5, 0.6) is 23.0 Å². The van der Waals surface area contributed by atoms with Gasteiger partial charge in [0.05, 0.1) is 37.6 Å². The van der Waals surface area contributed by atoms with Gasteiger partial charge in [0.15, 0.2) is 0 Å². The molecule has 0 amide bonds. The second kappa shape index (κ2) is 19.8. The summed E-state index contributed by atoms with van der Waals surface area (Å²) in [5, 5.41) is 0. The second-order valence-corrected chi connectivity index (χ2v) is 9.72. The van der Waals surface area contributed by atoms with Crippen LogP contribution in [0.15, 0.2) is 92.0 Å². The predicted molar refractivity (Wildman–Crippen MR) is 168 cm³/mol. The van der Waals surface area contributed by atoms with Gasteiger partial charge in [-0.05, 0) is 105 Å². The van der Waals surface area contributed by atoms with Gasteiger partial charge in [-0.1, -0.05) is 13.2 Å². The Bertz CT molecular complexity index is 1500. The van der Waals surface area contributed by atoms with Crippen molar-refractivity contribution in [2.75, 3.05) is 26.4 Å². The van der Waals surface area contributed by atoms with E-state index in [-0.39, 0.29) is 13.2 Å². The molecule has 0 aromatic heterocycles. The molecular formula is C35H36O12. The molecule has 3 rings (SSSR count). The number of benzene rings is 3. The fraction of sp³-hybridized carbons (Fsp3) is 0.257. The lowest BCUT2D eigenvalue weighted by Gasteiger charge is -2.11. The SMILES string of the molecule is C=CC(=O)OOCCCCOc1ccc(C(=O)Oc2ccc(OC(=O)c3ccc(OCCCCOOC(=O)C=C)cc3)c(C)c2)cc1. The topological polar surface area (TPSA) is 142 Å². The Morgan fingerprint density at radius 2 is 1.00 bits per heavy atom. The molecule has 0 unspecified atom stereocenters. The summed E-state index contributed by atoms with van der Waals surface area (Å²) in [5.41, 5.74) is 1.26. The number of aryl methyl sites for hydroxylation is 1. The van der Waals surface area contributed by atoms with E-state index in [0.717, 1.165) is 12.2 Å². The maximum Gasteiger partial charge on any atom is 0.365 e. The van der Waals surface area contributed by atoms with Crippen molar-refractivity contribution in [3.63, 3.8) is 0 Å². The average Bonchev–Trinajstić information content (AvgIpc) is 3.08. The summed E-state index contributed by atoms with van der Waals surface area (Å²) < 4.78 is 22.3. The highest BCUT2D eigenvalue weighted by atomic mass is 17.2. The summed E-state index contributed by atoms with van der Waals surface area (Å²) in [4.78, 5) is 65.5. The van der Waals surface area contributed by atoms with Crippen LogP contribution in [0, 0.1) is 6.92 Å². The van der Waals surface area contributed by atoms with Crippen LogP contribution in [0.25, 0.3) is 0 Å². The zero-order chi connectivity index (χ0) is 33.9. The van der Waals surface area contributed by atoms with Crippen LogP contribution < -0.4 is 18.9 Å². The molecular weight excluding hydrogens is 612 g/mol. The standard InChI is InChI=1S/C35H36O12/c1-4-32(36)46-42-22-8-6-20-40-28-14-10-26(11-15-28)34(38)44-30-18-19-31(25(3)24-30)45-35(39)27-12-16-29(17-13-27)41-21-7-9-23-43-47-33(37)5-2/h4-5,10-19,24H,1-2,6-9,20-23H2,3H3. The highest BCUT2D eigenvalue weighted by Crippen LogP contribution is 2.26. The molecule has 12 heteroatoms. The van der Waals surface area contributed by atoms with Crippen molar-refractivity contribution in [1.82, 2.24) is 0 Å². The largest absolute Gasteiger partial charge is 0.494 e. The van der Waals surface area contributed by atoms with Crippen LogP contribution in [0.4, 0.5) is 0 Å². The minimum atomic E-state index is -0.649. The highest BCUT2D eigenvalue weighted by molar-refractivity contribution is 5.92. The molecule has 0 bridgehead atoms. The first-order valence-corrected chi connectivity index (χ1v) is 14.7. The van der Waals surface area contributed by atoms with Crippen molar-refractivity contribution in [2.24, 2.45) is 0 Å². The van der Waals surface area contributed by atoms with E-state index in [9.17, 15) is 19.2 Å². The summed E-state index contributed by atoms with van der Waals surface area (Å²) >= 11 is 0. The number of rotatable bonds is 20. The first-order valence-electron chi connectivity index (χ1n) is 14.7. The van der Waals surface area contributed by atoms with Crippen molar-refractivity contribution in [3.8, 4) is 23.0 Å². The van der Waals surface area contributed by atoms with Gasteiger partial charge in [0.2, 0.25) is 0 Å². The fourth-order valence-electron chi connectivity index (χ4n) is 3.67. The van der Waals surface area contributed by atoms with Gasteiger partial charge in [0.1, 0.15) is 23.0 Å². The molecule has 0 aliphatic heterocycles. The van der Waals surface area contributed by atoms with E-state index in [0.29, 0.717) is 78.6 Å². The van der Waals surface area contributed by atoms with Crippen molar-refractivity contribution in [1.29, 1.82) is 0 Å². The minimum absolute atomic E-state index is 0.236. The Balaban J connectivity index is 1.38. The molecule has 248 valence electrons. The Labute approximate surface area is 272 Å². The lowest BCUT2D eigenvalue weighted by molar-refractivity contribution is -0.267. The third kappa shape index (κ3) is 13.2. The Morgan fingerprint density at radius 3 is 1.45 bits per heavy atom. The van der Waals surface area contributed by atoms with Crippen molar-refractivity contribution in [2.45, 2.75) is 32.6 Å². The van der Waals surface area contributed by atoms with Gasteiger partial charge in [0, 0.05) is 12.2 Å². The molecule has 0 spiro atoms. The third-order valence-corrected chi connectivity index (χ3v) is 6.14. The normalized spacial score (nSPS) is 10.3. The Morgan fingerprint density at radius 1 is 0.574 bits per heavy atom. The smallest absolute Gasteiger partial charge is 0.365 e. The fourth-order valence-corrected chi connectivity index (χ4v) is 3.67. The zero-order valence-electron chi connectivity index (χ0n) is 26.0. The third-order valence-electron chi connectivity index (χ3n) is 6.14. The van der Waals surface area contributed by atoms with Gasteiger partial charge in [-0.2, -0.15) is 9.78 Å². The van der Waals surface area contributed by atoms with Crippen LogP contribution in [0.1, 0.15) is 52.0 Å². The molecule has 0 aliphatic carbocycles. The molecule has 0 heterocycles. The van der Waals surface area contributed by atoms with E-state index in [1.165, 1.54) is 0 Å². The van der Waals surface area contributed by atoms with E-state index >= 15 is 0 Å². The van der Waals surface area contributed by atoms with Crippen LogP contribution in [0.2, 0.25) is 0 Å². The van der Waals surface area contributed by atoms with Gasteiger partial charge in [-0.3, -0.25) is 9.78 Å². The van der Waals surface area contributed by atoms with E-state index in [2.05, 4.69) is 22.9 Å². The predicted octanol–water partition coefficient (Wildman–Crippen LogP) is 6.07.